The molecule has 0 heterocycles. The minimum Gasteiger partial charge on any atom is -0.363 e. The molecule has 0 aliphatic carbocycles. The number of hydrogen-bond acceptors (Lipinski definition) is 3. The van der Waals surface area contributed by atoms with Gasteiger partial charge in [0, 0.05) is 19.4 Å². The van der Waals surface area contributed by atoms with E-state index < -0.39 is 6.23 Å². The number of nitrogens with two attached hydrogens (primary N) is 1. The molecule has 84 valence electrons. The van der Waals surface area contributed by atoms with E-state index in [2.05, 4.69) is 6.92 Å². The van der Waals surface area contributed by atoms with Crippen LogP contribution in [0.15, 0.2) is 0 Å². The van der Waals surface area contributed by atoms with Crippen LogP contribution in [0.4, 0.5) is 0 Å². The maximum absolute atomic E-state index is 11.2. The molecule has 0 aromatic heterocycles. The number of hydrogen-bond donors (Lipinski definition) is 1. The number of ether oxygens (including phenoxy) is 1. The summed E-state index contributed by atoms with van der Waals surface area (Å²) in [6.45, 7) is 4.81. The molecule has 0 saturated carbocycles. The van der Waals surface area contributed by atoms with Crippen LogP contribution in [-0.4, -0.2) is 18.6 Å². The average Bonchev–Trinajstić information content (AvgIpc) is 2.13. The third-order valence-electron chi connectivity index (χ3n) is 2.04. The van der Waals surface area contributed by atoms with E-state index in [1.807, 2.05) is 6.92 Å². The van der Waals surface area contributed by atoms with Gasteiger partial charge in [-0.25, -0.2) is 0 Å². The van der Waals surface area contributed by atoms with E-state index in [1.165, 1.54) is 6.42 Å². The molecule has 0 rings (SSSR count). The summed E-state index contributed by atoms with van der Waals surface area (Å²) >= 11 is 0. The lowest BCUT2D eigenvalue weighted by Gasteiger charge is -2.11. The van der Waals surface area contributed by atoms with Crippen molar-refractivity contribution in [3.63, 3.8) is 0 Å². The summed E-state index contributed by atoms with van der Waals surface area (Å²) in [4.78, 5) is 11.2. The van der Waals surface area contributed by atoms with Gasteiger partial charge in [-0.1, -0.05) is 26.7 Å². The second-order valence-corrected chi connectivity index (χ2v) is 3.61. The maximum Gasteiger partial charge on any atom is 0.136 e. The third kappa shape index (κ3) is 8.20. The number of ketones is 1. The van der Waals surface area contributed by atoms with Crippen molar-refractivity contribution in [2.45, 2.75) is 58.6 Å². The van der Waals surface area contributed by atoms with Crippen LogP contribution in [0.25, 0.3) is 0 Å². The summed E-state index contributed by atoms with van der Waals surface area (Å²) in [7, 11) is 0. The van der Waals surface area contributed by atoms with Gasteiger partial charge in [-0.05, 0) is 12.8 Å². The molecule has 0 saturated heterocycles. The van der Waals surface area contributed by atoms with Crippen LogP contribution in [-0.2, 0) is 9.53 Å². The van der Waals surface area contributed by atoms with Gasteiger partial charge < -0.3 is 10.5 Å². The molecule has 0 aromatic carbocycles. The van der Waals surface area contributed by atoms with Crippen molar-refractivity contribution in [3.05, 3.63) is 0 Å². The zero-order chi connectivity index (χ0) is 10.8. The summed E-state index contributed by atoms with van der Waals surface area (Å²) < 4.78 is 5.32. The number of carbonyl (C=O) groups excluding carboxylic acids is 1. The molecule has 14 heavy (non-hydrogen) atoms. The van der Waals surface area contributed by atoms with Crippen molar-refractivity contribution in [2.24, 2.45) is 5.73 Å². The molecular weight excluding hydrogens is 178 g/mol. The van der Waals surface area contributed by atoms with Gasteiger partial charge in [0.25, 0.3) is 0 Å². The zero-order valence-electron chi connectivity index (χ0n) is 9.42. The molecular formula is C11H23NO2. The first kappa shape index (κ1) is 13.6. The number of rotatable bonds is 9. The van der Waals surface area contributed by atoms with Crippen LogP contribution in [0.3, 0.4) is 0 Å². The molecule has 0 amide bonds. The van der Waals surface area contributed by atoms with E-state index in [0.717, 1.165) is 19.3 Å². The van der Waals surface area contributed by atoms with Gasteiger partial charge in [0.1, 0.15) is 12.0 Å². The zero-order valence-corrected chi connectivity index (χ0v) is 9.42. The summed E-state index contributed by atoms with van der Waals surface area (Å²) in [6.07, 6.45) is 4.84. The van der Waals surface area contributed by atoms with Crippen LogP contribution in [0.5, 0.6) is 0 Å². The Bertz CT molecular complexity index is 148. The van der Waals surface area contributed by atoms with Gasteiger partial charge in [0.2, 0.25) is 0 Å². The first-order chi connectivity index (χ1) is 6.70. The van der Waals surface area contributed by atoms with E-state index in [0.29, 0.717) is 19.4 Å². The summed E-state index contributed by atoms with van der Waals surface area (Å²) in [5.74, 6) is 0.204. The molecule has 2 N–H and O–H groups in total. The molecule has 0 spiro atoms. The minimum atomic E-state index is -0.397. The Balaban J connectivity index is 3.35. The summed E-state index contributed by atoms with van der Waals surface area (Å²) in [6, 6.07) is 0. The van der Waals surface area contributed by atoms with Crippen molar-refractivity contribution in [3.8, 4) is 0 Å². The van der Waals surface area contributed by atoms with Gasteiger partial charge in [-0.3, -0.25) is 4.79 Å². The van der Waals surface area contributed by atoms with Crippen molar-refractivity contribution in [2.75, 3.05) is 6.61 Å². The van der Waals surface area contributed by atoms with E-state index in [1.54, 1.807) is 0 Å². The highest BCUT2D eigenvalue weighted by atomic mass is 16.5. The quantitative estimate of drug-likeness (QED) is 0.460. The fourth-order valence-electron chi connectivity index (χ4n) is 1.25. The topological polar surface area (TPSA) is 52.3 Å². The number of Topliss-reactive ketones (excluding diaryl/α,β-unsaturated/α-hetero) is 1. The van der Waals surface area contributed by atoms with Crippen LogP contribution in [0.2, 0.25) is 0 Å². The molecule has 0 bridgehead atoms. The standard InChI is InChI=1S/C11H23NO2/c1-3-5-6-8-14-11(12)9-10(13)7-4-2/h11H,3-9,12H2,1-2H3. The second kappa shape index (κ2) is 9.16. The Morgan fingerprint density at radius 3 is 2.57 bits per heavy atom. The normalized spacial score (nSPS) is 12.8. The molecule has 1 unspecified atom stereocenters. The average molecular weight is 201 g/mol. The first-order valence-electron chi connectivity index (χ1n) is 5.59. The van der Waals surface area contributed by atoms with Gasteiger partial charge in [-0.2, -0.15) is 0 Å². The highest BCUT2D eigenvalue weighted by molar-refractivity contribution is 5.78. The predicted octanol–water partition coefficient (Wildman–Crippen LogP) is 2.24. The molecule has 0 aromatic rings. The highest BCUT2D eigenvalue weighted by Gasteiger charge is 2.08. The highest BCUT2D eigenvalue weighted by Crippen LogP contribution is 2.01. The lowest BCUT2D eigenvalue weighted by atomic mass is 10.1. The Labute approximate surface area is 87.0 Å². The van der Waals surface area contributed by atoms with Crippen LogP contribution in [0.1, 0.15) is 52.4 Å². The fourth-order valence-corrected chi connectivity index (χ4v) is 1.25. The fraction of sp³-hybridized carbons (Fsp3) is 0.909. The van der Waals surface area contributed by atoms with Crippen molar-refractivity contribution >= 4 is 5.78 Å². The molecule has 0 fully saturated rings. The van der Waals surface area contributed by atoms with Gasteiger partial charge in [0.05, 0.1) is 0 Å². The predicted molar refractivity (Wildman–Crippen MR) is 58.0 cm³/mol. The molecule has 0 aliphatic rings. The third-order valence-corrected chi connectivity index (χ3v) is 2.04. The maximum atomic E-state index is 11.2. The Hall–Kier alpha value is -0.410. The summed E-state index contributed by atoms with van der Waals surface area (Å²) in [5, 5.41) is 0. The van der Waals surface area contributed by atoms with Crippen molar-refractivity contribution < 1.29 is 9.53 Å². The van der Waals surface area contributed by atoms with Crippen LogP contribution >= 0.6 is 0 Å². The lowest BCUT2D eigenvalue weighted by Crippen LogP contribution is -2.27. The summed E-state index contributed by atoms with van der Waals surface area (Å²) in [5.41, 5.74) is 5.64. The largest absolute Gasteiger partial charge is 0.363 e. The van der Waals surface area contributed by atoms with E-state index in [4.69, 9.17) is 10.5 Å². The molecule has 3 heteroatoms. The minimum absolute atomic E-state index is 0.204. The molecule has 0 aliphatic heterocycles. The number of carbonyl (C=O) groups is 1. The Kier molecular flexibility index (Phi) is 8.89. The Morgan fingerprint density at radius 2 is 2.00 bits per heavy atom. The molecule has 3 nitrogen and oxygen atoms in total. The van der Waals surface area contributed by atoms with Gasteiger partial charge >= 0.3 is 0 Å². The van der Waals surface area contributed by atoms with Gasteiger partial charge in [-0.15, -0.1) is 0 Å². The van der Waals surface area contributed by atoms with Crippen molar-refractivity contribution in [1.82, 2.24) is 0 Å². The first-order valence-corrected chi connectivity index (χ1v) is 5.59. The van der Waals surface area contributed by atoms with E-state index in [-0.39, 0.29) is 5.78 Å². The smallest absolute Gasteiger partial charge is 0.136 e. The molecule has 1 atom stereocenters. The van der Waals surface area contributed by atoms with E-state index in [9.17, 15) is 4.79 Å². The van der Waals surface area contributed by atoms with Gasteiger partial charge in [0.15, 0.2) is 0 Å². The number of unbranched alkanes of at least 4 members (excludes halogenated alkanes) is 2. The van der Waals surface area contributed by atoms with E-state index >= 15 is 0 Å². The lowest BCUT2D eigenvalue weighted by molar-refractivity contribution is -0.121. The molecule has 0 radical (unpaired) electrons. The monoisotopic (exact) mass is 201 g/mol. The Morgan fingerprint density at radius 1 is 1.29 bits per heavy atom. The van der Waals surface area contributed by atoms with Crippen molar-refractivity contribution in [1.29, 1.82) is 0 Å². The second-order valence-electron chi connectivity index (χ2n) is 3.61. The van der Waals surface area contributed by atoms with Crippen LogP contribution in [0, 0.1) is 0 Å². The van der Waals surface area contributed by atoms with Crippen LogP contribution < -0.4 is 5.73 Å². The SMILES string of the molecule is CCCCCOC(N)CC(=O)CCC.